The first kappa shape index (κ1) is 14.4. The average molecular weight is 335 g/mol. The predicted octanol–water partition coefficient (Wildman–Crippen LogP) is 4.87. The van der Waals surface area contributed by atoms with Crippen LogP contribution in [0.5, 0.6) is 0 Å². The lowest BCUT2D eigenvalue weighted by atomic mass is 9.90. The molecule has 2 aromatic carbocycles. The van der Waals surface area contributed by atoms with Crippen LogP contribution in [0.1, 0.15) is 34.3 Å². The van der Waals surface area contributed by atoms with Gasteiger partial charge in [-0.25, -0.2) is 0 Å². The van der Waals surface area contributed by atoms with Crippen molar-refractivity contribution in [3.05, 3.63) is 69.7 Å². The zero-order valence-corrected chi connectivity index (χ0v) is 13.1. The van der Waals surface area contributed by atoms with E-state index in [1.807, 2.05) is 36.4 Å². The summed E-state index contributed by atoms with van der Waals surface area (Å²) < 4.78 is 0.987. The van der Waals surface area contributed by atoms with E-state index in [-0.39, 0.29) is 11.0 Å². The van der Waals surface area contributed by atoms with Gasteiger partial charge in [0.15, 0.2) is 0 Å². The third kappa shape index (κ3) is 3.71. The maximum atomic E-state index is 11.6. The highest BCUT2D eigenvalue weighted by atomic mass is 79.9. The van der Waals surface area contributed by atoms with Gasteiger partial charge >= 0.3 is 0 Å². The quantitative estimate of drug-likeness (QED) is 0.789. The van der Waals surface area contributed by atoms with Crippen molar-refractivity contribution in [2.75, 3.05) is 0 Å². The Labute approximate surface area is 127 Å². The van der Waals surface area contributed by atoms with Crippen LogP contribution in [0.3, 0.4) is 0 Å². The van der Waals surface area contributed by atoms with Crippen LogP contribution in [-0.2, 0) is 6.42 Å². The molecule has 1 unspecified atom stereocenters. The van der Waals surface area contributed by atoms with Crippen molar-refractivity contribution in [3.8, 4) is 0 Å². The lowest BCUT2D eigenvalue weighted by Gasteiger charge is -2.15. The lowest BCUT2D eigenvalue weighted by molar-refractivity contribution is 0.109. The van der Waals surface area contributed by atoms with E-state index < -0.39 is 0 Å². The van der Waals surface area contributed by atoms with Gasteiger partial charge in [-0.3, -0.25) is 4.79 Å². The largest absolute Gasteiger partial charge is 0.282 e. The normalized spacial score (nSPS) is 12.2. The molecule has 0 amide bonds. The number of thiol groups is 1. The standard InChI is InChI=1S/C16H15BrOS/c1-11(9-12-5-3-2-4-6-12)15-10-13(17)7-8-14(15)16(18)19/h2-8,10-11H,9H2,1H3,(H,18,19). The monoisotopic (exact) mass is 334 g/mol. The molecule has 0 aliphatic carbocycles. The Kier molecular flexibility index (Phi) is 4.83. The topological polar surface area (TPSA) is 17.1 Å². The molecule has 0 heterocycles. The minimum atomic E-state index is -0.178. The fourth-order valence-electron chi connectivity index (χ4n) is 2.21. The molecular weight excluding hydrogens is 320 g/mol. The van der Waals surface area contributed by atoms with Gasteiger partial charge in [-0.15, -0.1) is 12.6 Å². The molecule has 0 fully saturated rings. The van der Waals surface area contributed by atoms with Gasteiger partial charge in [0.1, 0.15) is 0 Å². The van der Waals surface area contributed by atoms with E-state index in [1.165, 1.54) is 5.56 Å². The first-order chi connectivity index (χ1) is 9.08. The average Bonchev–Trinajstić information content (AvgIpc) is 2.39. The van der Waals surface area contributed by atoms with E-state index >= 15 is 0 Å². The molecule has 3 heteroatoms. The van der Waals surface area contributed by atoms with Crippen molar-refractivity contribution in [3.63, 3.8) is 0 Å². The Balaban J connectivity index is 2.30. The van der Waals surface area contributed by atoms with Crippen LogP contribution < -0.4 is 0 Å². The zero-order chi connectivity index (χ0) is 13.8. The molecule has 98 valence electrons. The van der Waals surface area contributed by atoms with Crippen molar-refractivity contribution in [2.45, 2.75) is 19.3 Å². The van der Waals surface area contributed by atoms with Crippen molar-refractivity contribution < 1.29 is 4.79 Å². The third-order valence-corrected chi connectivity index (χ3v) is 3.89. The molecule has 2 aromatic rings. The van der Waals surface area contributed by atoms with Crippen molar-refractivity contribution in [1.82, 2.24) is 0 Å². The summed E-state index contributed by atoms with van der Waals surface area (Å²) in [5.74, 6) is 0.269. The second-order valence-corrected chi connectivity index (χ2v) is 5.95. The Hall–Kier alpha value is -1.06. The molecule has 1 atom stereocenters. The highest BCUT2D eigenvalue weighted by Crippen LogP contribution is 2.27. The Bertz CT molecular complexity index is 581. The van der Waals surface area contributed by atoms with Crippen LogP contribution in [0.25, 0.3) is 0 Å². The number of rotatable bonds is 4. The Morgan fingerprint density at radius 3 is 2.53 bits per heavy atom. The van der Waals surface area contributed by atoms with E-state index in [4.69, 9.17) is 0 Å². The minimum Gasteiger partial charge on any atom is -0.282 e. The number of hydrogen-bond acceptors (Lipinski definition) is 1. The molecule has 0 bridgehead atoms. The lowest BCUT2D eigenvalue weighted by Crippen LogP contribution is -2.05. The van der Waals surface area contributed by atoms with Crippen LogP contribution in [0.4, 0.5) is 0 Å². The van der Waals surface area contributed by atoms with E-state index in [0.29, 0.717) is 5.56 Å². The SMILES string of the molecule is CC(Cc1ccccc1)c1cc(Br)ccc1C(=O)S. The maximum absolute atomic E-state index is 11.6. The smallest absolute Gasteiger partial charge is 0.216 e. The van der Waals surface area contributed by atoms with Crippen LogP contribution in [0, 0.1) is 0 Å². The molecule has 0 aliphatic rings. The van der Waals surface area contributed by atoms with Gasteiger partial charge in [-0.05, 0) is 41.7 Å². The summed E-state index contributed by atoms with van der Waals surface area (Å²) in [4.78, 5) is 11.6. The highest BCUT2D eigenvalue weighted by Gasteiger charge is 2.15. The second kappa shape index (κ2) is 6.40. The first-order valence-electron chi connectivity index (χ1n) is 6.14. The second-order valence-electron chi connectivity index (χ2n) is 4.63. The number of carbonyl (C=O) groups is 1. The molecule has 0 saturated carbocycles. The summed E-state index contributed by atoms with van der Waals surface area (Å²) in [6.45, 7) is 2.13. The van der Waals surface area contributed by atoms with Crippen LogP contribution in [-0.4, -0.2) is 5.12 Å². The van der Waals surface area contributed by atoms with Crippen molar-refractivity contribution in [1.29, 1.82) is 0 Å². The van der Waals surface area contributed by atoms with Crippen LogP contribution in [0.2, 0.25) is 0 Å². The fourth-order valence-corrected chi connectivity index (χ4v) is 2.80. The maximum Gasteiger partial charge on any atom is 0.216 e. The van der Waals surface area contributed by atoms with Crippen LogP contribution in [0.15, 0.2) is 53.0 Å². The van der Waals surface area contributed by atoms with Gasteiger partial charge < -0.3 is 0 Å². The molecule has 19 heavy (non-hydrogen) atoms. The van der Waals surface area contributed by atoms with Gasteiger partial charge in [-0.1, -0.05) is 53.2 Å². The van der Waals surface area contributed by atoms with Gasteiger partial charge in [0, 0.05) is 10.0 Å². The van der Waals surface area contributed by atoms with E-state index in [1.54, 1.807) is 0 Å². The number of benzene rings is 2. The van der Waals surface area contributed by atoms with Gasteiger partial charge in [0.2, 0.25) is 5.12 Å². The molecule has 2 rings (SSSR count). The van der Waals surface area contributed by atoms with E-state index in [9.17, 15) is 4.79 Å². The Morgan fingerprint density at radius 2 is 1.89 bits per heavy atom. The first-order valence-corrected chi connectivity index (χ1v) is 7.38. The van der Waals surface area contributed by atoms with Crippen molar-refractivity contribution in [2.24, 2.45) is 0 Å². The van der Waals surface area contributed by atoms with Crippen LogP contribution >= 0.6 is 28.6 Å². The summed E-state index contributed by atoms with van der Waals surface area (Å²) in [5.41, 5.74) is 3.00. The number of hydrogen-bond donors (Lipinski definition) is 1. The van der Waals surface area contributed by atoms with E-state index in [0.717, 1.165) is 16.5 Å². The molecule has 0 N–H and O–H groups in total. The van der Waals surface area contributed by atoms with Gasteiger partial charge in [-0.2, -0.15) is 0 Å². The predicted molar refractivity (Wildman–Crippen MR) is 86.0 cm³/mol. The van der Waals surface area contributed by atoms with E-state index in [2.05, 4.69) is 47.6 Å². The molecule has 0 aliphatic heterocycles. The molecular formula is C16H15BrOS. The highest BCUT2D eigenvalue weighted by molar-refractivity contribution is 9.10. The van der Waals surface area contributed by atoms with Gasteiger partial charge in [0.05, 0.1) is 0 Å². The molecule has 0 spiro atoms. The summed E-state index contributed by atoms with van der Waals surface area (Å²) in [5, 5.41) is -0.178. The molecule has 0 saturated heterocycles. The Morgan fingerprint density at radius 1 is 1.21 bits per heavy atom. The fraction of sp³-hybridized carbons (Fsp3) is 0.188. The molecule has 0 radical (unpaired) electrons. The molecule has 1 nitrogen and oxygen atoms in total. The number of carbonyl (C=O) groups excluding carboxylic acids is 1. The zero-order valence-electron chi connectivity index (χ0n) is 10.6. The summed E-state index contributed by atoms with van der Waals surface area (Å²) >= 11 is 7.42. The minimum absolute atomic E-state index is 0.178. The summed E-state index contributed by atoms with van der Waals surface area (Å²) in [7, 11) is 0. The summed E-state index contributed by atoms with van der Waals surface area (Å²) in [6.07, 6.45) is 0.908. The van der Waals surface area contributed by atoms with Crippen molar-refractivity contribution >= 4 is 33.7 Å². The third-order valence-electron chi connectivity index (χ3n) is 3.16. The number of halogens is 1. The van der Waals surface area contributed by atoms with Gasteiger partial charge in [0.25, 0.3) is 0 Å². The summed E-state index contributed by atoms with van der Waals surface area (Å²) in [6, 6.07) is 16.0. The molecule has 0 aromatic heterocycles.